The number of nitrogen functional groups attached to an aromatic ring is 1. The quantitative estimate of drug-likeness (QED) is 0.848. The SMILES string of the molecule is CC1CCC(Nc2c(N)cncc2Cl)C(C)C1. The first-order chi connectivity index (χ1) is 8.08. The van der Waals surface area contributed by atoms with Gasteiger partial charge in [-0.2, -0.15) is 0 Å². The van der Waals surface area contributed by atoms with Gasteiger partial charge in [0.25, 0.3) is 0 Å². The molecule has 1 saturated carbocycles. The van der Waals surface area contributed by atoms with Gasteiger partial charge >= 0.3 is 0 Å². The van der Waals surface area contributed by atoms with Crippen molar-refractivity contribution in [3.63, 3.8) is 0 Å². The molecule has 0 radical (unpaired) electrons. The van der Waals surface area contributed by atoms with Crippen molar-refractivity contribution in [1.82, 2.24) is 4.98 Å². The molecule has 3 nitrogen and oxygen atoms in total. The lowest BCUT2D eigenvalue weighted by Crippen LogP contribution is -2.33. The third-order valence-corrected chi connectivity index (χ3v) is 3.98. The predicted molar refractivity (Wildman–Crippen MR) is 73.2 cm³/mol. The first-order valence-corrected chi connectivity index (χ1v) is 6.61. The first kappa shape index (κ1) is 12.5. The standard InChI is InChI=1S/C13H20ClN3/c1-8-3-4-12(9(2)5-8)17-13-10(14)6-16-7-11(13)15/h6-9,12H,3-5,15H2,1-2H3,(H,16,17). The van der Waals surface area contributed by atoms with E-state index in [0.717, 1.165) is 11.6 Å². The minimum atomic E-state index is 0.466. The topological polar surface area (TPSA) is 50.9 Å². The van der Waals surface area contributed by atoms with Gasteiger partial charge in [-0.05, 0) is 31.1 Å². The fourth-order valence-electron chi connectivity index (χ4n) is 2.67. The first-order valence-electron chi connectivity index (χ1n) is 6.23. The maximum Gasteiger partial charge on any atom is 0.0841 e. The van der Waals surface area contributed by atoms with E-state index in [1.54, 1.807) is 12.4 Å². The Morgan fingerprint density at radius 2 is 2.12 bits per heavy atom. The van der Waals surface area contributed by atoms with Crippen LogP contribution in [0, 0.1) is 11.8 Å². The zero-order valence-electron chi connectivity index (χ0n) is 10.4. The minimum Gasteiger partial charge on any atom is -0.396 e. The Balaban J connectivity index is 2.10. The summed E-state index contributed by atoms with van der Waals surface area (Å²) in [6, 6.07) is 0.466. The second kappa shape index (κ2) is 5.13. The molecule has 1 aromatic rings. The van der Waals surface area contributed by atoms with E-state index in [-0.39, 0.29) is 0 Å². The van der Waals surface area contributed by atoms with Gasteiger partial charge in [-0.15, -0.1) is 0 Å². The molecule has 94 valence electrons. The fraction of sp³-hybridized carbons (Fsp3) is 0.615. The number of halogens is 1. The van der Waals surface area contributed by atoms with Gasteiger partial charge in [0.15, 0.2) is 0 Å². The number of rotatable bonds is 2. The van der Waals surface area contributed by atoms with Crippen molar-refractivity contribution in [2.45, 2.75) is 39.2 Å². The van der Waals surface area contributed by atoms with Crippen LogP contribution in [0.2, 0.25) is 5.02 Å². The number of pyridine rings is 1. The molecule has 17 heavy (non-hydrogen) atoms. The van der Waals surface area contributed by atoms with E-state index in [1.165, 1.54) is 19.3 Å². The van der Waals surface area contributed by atoms with Crippen molar-refractivity contribution in [2.24, 2.45) is 11.8 Å². The average molecular weight is 254 g/mol. The molecular formula is C13H20ClN3. The van der Waals surface area contributed by atoms with Crippen LogP contribution in [-0.2, 0) is 0 Å². The summed E-state index contributed by atoms with van der Waals surface area (Å²) in [4.78, 5) is 3.97. The number of aromatic nitrogens is 1. The highest BCUT2D eigenvalue weighted by Crippen LogP contribution is 2.34. The second-order valence-corrected chi connectivity index (χ2v) is 5.64. The lowest BCUT2D eigenvalue weighted by molar-refractivity contribution is 0.276. The number of anilines is 2. The third-order valence-electron chi connectivity index (χ3n) is 3.69. The highest BCUT2D eigenvalue weighted by molar-refractivity contribution is 6.33. The molecule has 1 aliphatic rings. The van der Waals surface area contributed by atoms with Crippen LogP contribution in [-0.4, -0.2) is 11.0 Å². The van der Waals surface area contributed by atoms with Gasteiger partial charge in [0.05, 0.1) is 22.6 Å². The molecule has 0 spiro atoms. The van der Waals surface area contributed by atoms with E-state index in [2.05, 4.69) is 24.1 Å². The van der Waals surface area contributed by atoms with E-state index in [0.29, 0.717) is 22.7 Å². The van der Waals surface area contributed by atoms with Gasteiger partial charge in [0.1, 0.15) is 0 Å². The summed E-state index contributed by atoms with van der Waals surface area (Å²) in [6.45, 7) is 4.61. The van der Waals surface area contributed by atoms with Crippen molar-refractivity contribution >= 4 is 23.0 Å². The molecule has 3 N–H and O–H groups in total. The maximum atomic E-state index is 6.12. The molecule has 4 heteroatoms. The molecule has 1 fully saturated rings. The molecule has 3 unspecified atom stereocenters. The Hall–Kier alpha value is -0.960. The molecule has 0 aliphatic heterocycles. The summed E-state index contributed by atoms with van der Waals surface area (Å²) < 4.78 is 0. The molecule has 0 aromatic carbocycles. The number of nitrogens with two attached hydrogens (primary N) is 1. The highest BCUT2D eigenvalue weighted by Gasteiger charge is 2.26. The van der Waals surface area contributed by atoms with Crippen molar-refractivity contribution in [2.75, 3.05) is 11.1 Å². The summed E-state index contributed by atoms with van der Waals surface area (Å²) in [5, 5.41) is 4.10. The Kier molecular flexibility index (Phi) is 3.77. The van der Waals surface area contributed by atoms with Crippen molar-refractivity contribution in [3.8, 4) is 0 Å². The number of hydrogen-bond acceptors (Lipinski definition) is 3. The zero-order valence-corrected chi connectivity index (χ0v) is 11.2. The van der Waals surface area contributed by atoms with Gasteiger partial charge in [0.2, 0.25) is 0 Å². The van der Waals surface area contributed by atoms with Crippen LogP contribution in [0.1, 0.15) is 33.1 Å². The van der Waals surface area contributed by atoms with Crippen LogP contribution in [0.15, 0.2) is 12.4 Å². The Morgan fingerprint density at radius 3 is 2.76 bits per heavy atom. The highest BCUT2D eigenvalue weighted by atomic mass is 35.5. The van der Waals surface area contributed by atoms with Crippen LogP contribution in [0.4, 0.5) is 11.4 Å². The second-order valence-electron chi connectivity index (χ2n) is 5.23. The normalized spacial score (nSPS) is 29.0. The van der Waals surface area contributed by atoms with E-state index in [1.807, 2.05) is 0 Å². The number of nitrogens with zero attached hydrogens (tertiary/aromatic N) is 1. The van der Waals surface area contributed by atoms with Gasteiger partial charge in [-0.3, -0.25) is 4.98 Å². The molecule has 0 bridgehead atoms. The van der Waals surface area contributed by atoms with E-state index >= 15 is 0 Å². The van der Waals surface area contributed by atoms with Crippen LogP contribution in [0.5, 0.6) is 0 Å². The van der Waals surface area contributed by atoms with E-state index < -0.39 is 0 Å². The van der Waals surface area contributed by atoms with E-state index in [9.17, 15) is 0 Å². The fourth-order valence-corrected chi connectivity index (χ4v) is 2.89. The summed E-state index contributed by atoms with van der Waals surface area (Å²) >= 11 is 6.12. The van der Waals surface area contributed by atoms with Gasteiger partial charge in [-0.1, -0.05) is 25.4 Å². The molecule has 2 rings (SSSR count). The summed E-state index contributed by atoms with van der Waals surface area (Å²) in [5.74, 6) is 1.48. The molecule has 1 heterocycles. The lowest BCUT2D eigenvalue weighted by Gasteiger charge is -2.34. The smallest absolute Gasteiger partial charge is 0.0841 e. The number of hydrogen-bond donors (Lipinski definition) is 2. The Bertz CT molecular complexity index is 374. The maximum absolute atomic E-state index is 6.12. The largest absolute Gasteiger partial charge is 0.396 e. The summed E-state index contributed by atoms with van der Waals surface area (Å²) in [6.07, 6.45) is 6.99. The summed E-state index contributed by atoms with van der Waals surface area (Å²) in [5.41, 5.74) is 7.37. The Morgan fingerprint density at radius 1 is 1.35 bits per heavy atom. The van der Waals surface area contributed by atoms with Crippen LogP contribution >= 0.6 is 11.6 Å². The van der Waals surface area contributed by atoms with Gasteiger partial charge in [-0.25, -0.2) is 0 Å². The summed E-state index contributed by atoms with van der Waals surface area (Å²) in [7, 11) is 0. The van der Waals surface area contributed by atoms with Crippen LogP contribution < -0.4 is 11.1 Å². The molecule has 3 atom stereocenters. The molecule has 0 saturated heterocycles. The van der Waals surface area contributed by atoms with Crippen LogP contribution in [0.3, 0.4) is 0 Å². The van der Waals surface area contributed by atoms with Gasteiger partial charge < -0.3 is 11.1 Å². The zero-order chi connectivity index (χ0) is 12.4. The predicted octanol–water partition coefficient (Wildman–Crippen LogP) is 3.55. The molecular weight excluding hydrogens is 234 g/mol. The van der Waals surface area contributed by atoms with Crippen molar-refractivity contribution in [1.29, 1.82) is 0 Å². The van der Waals surface area contributed by atoms with Gasteiger partial charge in [0, 0.05) is 12.2 Å². The molecule has 1 aromatic heterocycles. The average Bonchev–Trinajstić information content (AvgIpc) is 2.26. The monoisotopic (exact) mass is 253 g/mol. The van der Waals surface area contributed by atoms with E-state index in [4.69, 9.17) is 17.3 Å². The number of nitrogens with one attached hydrogen (secondary N) is 1. The lowest BCUT2D eigenvalue weighted by atomic mass is 9.80. The molecule has 1 aliphatic carbocycles. The Labute approximate surface area is 108 Å². The van der Waals surface area contributed by atoms with Crippen LogP contribution in [0.25, 0.3) is 0 Å². The minimum absolute atomic E-state index is 0.466. The third kappa shape index (κ3) is 2.83. The van der Waals surface area contributed by atoms with Crippen molar-refractivity contribution < 1.29 is 0 Å². The van der Waals surface area contributed by atoms with Crippen molar-refractivity contribution in [3.05, 3.63) is 17.4 Å². The molecule has 0 amide bonds.